The highest BCUT2D eigenvalue weighted by molar-refractivity contribution is 5.98. The fourth-order valence-corrected chi connectivity index (χ4v) is 3.29. The van der Waals surface area contributed by atoms with Crippen molar-refractivity contribution in [3.8, 4) is 5.75 Å². The largest absolute Gasteiger partial charge is 0.492 e. The van der Waals surface area contributed by atoms with Crippen LogP contribution in [0, 0.1) is 0 Å². The van der Waals surface area contributed by atoms with Crippen LogP contribution in [0.5, 0.6) is 5.75 Å². The van der Waals surface area contributed by atoms with E-state index in [2.05, 4.69) is 17.6 Å². The van der Waals surface area contributed by atoms with E-state index >= 15 is 0 Å². The van der Waals surface area contributed by atoms with E-state index in [0.717, 1.165) is 31.4 Å². The summed E-state index contributed by atoms with van der Waals surface area (Å²) in [6, 6.07) is 4.14. The molecule has 21 heavy (non-hydrogen) atoms. The van der Waals surface area contributed by atoms with Crippen molar-refractivity contribution in [2.45, 2.75) is 44.7 Å². The summed E-state index contributed by atoms with van der Waals surface area (Å²) in [6.07, 6.45) is 4.02. The molecule has 0 bridgehead atoms. The van der Waals surface area contributed by atoms with Gasteiger partial charge in [-0.25, -0.2) is 0 Å². The van der Waals surface area contributed by atoms with Gasteiger partial charge in [-0.3, -0.25) is 4.79 Å². The van der Waals surface area contributed by atoms with E-state index < -0.39 is 0 Å². The SMILES string of the molecule is CCC(NC(=O)c1cc(N)cc2c1OCC2)C1CCCN1. The maximum atomic E-state index is 12.6. The molecule has 1 aromatic rings. The van der Waals surface area contributed by atoms with Crippen molar-refractivity contribution in [1.82, 2.24) is 10.6 Å². The summed E-state index contributed by atoms with van der Waals surface area (Å²) in [5.41, 5.74) is 8.13. The van der Waals surface area contributed by atoms with Gasteiger partial charge in [-0.2, -0.15) is 0 Å². The Kier molecular flexibility index (Phi) is 4.01. The lowest BCUT2D eigenvalue weighted by atomic mass is 10.0. The number of benzene rings is 1. The summed E-state index contributed by atoms with van der Waals surface area (Å²) in [4.78, 5) is 12.6. The third-order valence-electron chi connectivity index (χ3n) is 4.39. The molecule has 0 aliphatic carbocycles. The second kappa shape index (κ2) is 5.93. The number of carbonyl (C=O) groups is 1. The molecule has 1 aromatic carbocycles. The summed E-state index contributed by atoms with van der Waals surface area (Å²) < 4.78 is 5.61. The molecule has 0 radical (unpaired) electrons. The van der Waals surface area contributed by atoms with Crippen LogP contribution >= 0.6 is 0 Å². The van der Waals surface area contributed by atoms with Crippen LogP contribution in [0.3, 0.4) is 0 Å². The van der Waals surface area contributed by atoms with E-state index in [1.807, 2.05) is 6.07 Å². The number of fused-ring (bicyclic) bond motifs is 1. The number of nitrogen functional groups attached to an aromatic ring is 1. The first-order valence-electron chi connectivity index (χ1n) is 7.78. The predicted molar refractivity (Wildman–Crippen MR) is 82.6 cm³/mol. The summed E-state index contributed by atoms with van der Waals surface area (Å²) in [5.74, 6) is 0.622. The molecule has 2 heterocycles. The number of nitrogens with two attached hydrogens (primary N) is 1. The number of rotatable bonds is 4. The van der Waals surface area contributed by atoms with Gasteiger partial charge in [0.05, 0.1) is 12.2 Å². The molecule has 5 nitrogen and oxygen atoms in total. The topological polar surface area (TPSA) is 76.4 Å². The number of carbonyl (C=O) groups excluding carboxylic acids is 1. The second-order valence-electron chi connectivity index (χ2n) is 5.85. The first kappa shape index (κ1) is 14.2. The Bertz CT molecular complexity index is 539. The molecule has 0 spiro atoms. The number of nitrogens with one attached hydrogen (secondary N) is 2. The summed E-state index contributed by atoms with van der Waals surface area (Å²) in [6.45, 7) is 3.76. The van der Waals surface area contributed by atoms with Crippen molar-refractivity contribution in [2.24, 2.45) is 0 Å². The lowest BCUT2D eigenvalue weighted by Gasteiger charge is -2.24. The first-order chi connectivity index (χ1) is 10.2. The Morgan fingerprint density at radius 2 is 2.43 bits per heavy atom. The molecule has 1 saturated heterocycles. The van der Waals surface area contributed by atoms with Crippen LogP contribution in [0.2, 0.25) is 0 Å². The van der Waals surface area contributed by atoms with Crippen molar-refractivity contribution in [1.29, 1.82) is 0 Å². The average molecular weight is 289 g/mol. The Morgan fingerprint density at radius 3 is 3.14 bits per heavy atom. The van der Waals surface area contributed by atoms with Crippen molar-refractivity contribution in [3.05, 3.63) is 23.3 Å². The van der Waals surface area contributed by atoms with Gasteiger partial charge >= 0.3 is 0 Å². The molecule has 2 atom stereocenters. The van der Waals surface area contributed by atoms with Gasteiger partial charge in [0.2, 0.25) is 0 Å². The molecule has 1 amide bonds. The Morgan fingerprint density at radius 1 is 1.57 bits per heavy atom. The second-order valence-corrected chi connectivity index (χ2v) is 5.85. The van der Waals surface area contributed by atoms with Gasteiger partial charge in [-0.15, -0.1) is 0 Å². The highest BCUT2D eigenvalue weighted by atomic mass is 16.5. The molecule has 3 rings (SSSR count). The van der Waals surface area contributed by atoms with Gasteiger partial charge in [0.25, 0.3) is 5.91 Å². The Balaban J connectivity index is 1.79. The number of hydrogen-bond donors (Lipinski definition) is 3. The van der Waals surface area contributed by atoms with Crippen molar-refractivity contribution >= 4 is 11.6 Å². The van der Waals surface area contributed by atoms with Crippen molar-refractivity contribution in [3.63, 3.8) is 0 Å². The summed E-state index contributed by atoms with van der Waals surface area (Å²) >= 11 is 0. The zero-order valence-electron chi connectivity index (χ0n) is 12.4. The molecule has 2 aliphatic rings. The van der Waals surface area contributed by atoms with Gasteiger partial charge in [0.1, 0.15) is 5.75 Å². The van der Waals surface area contributed by atoms with Crippen LogP contribution in [0.25, 0.3) is 0 Å². The lowest BCUT2D eigenvalue weighted by molar-refractivity contribution is 0.0924. The van der Waals surface area contributed by atoms with Gasteiger partial charge in [-0.05, 0) is 37.9 Å². The maximum absolute atomic E-state index is 12.6. The minimum atomic E-state index is -0.0824. The Labute approximate surface area is 125 Å². The van der Waals surface area contributed by atoms with Crippen molar-refractivity contribution < 1.29 is 9.53 Å². The van der Waals surface area contributed by atoms with Crippen LogP contribution < -0.4 is 21.1 Å². The number of hydrogen-bond acceptors (Lipinski definition) is 4. The van der Waals surface area contributed by atoms with E-state index in [1.165, 1.54) is 6.42 Å². The third kappa shape index (κ3) is 2.83. The molecule has 2 unspecified atom stereocenters. The van der Waals surface area contributed by atoms with E-state index in [0.29, 0.717) is 29.6 Å². The van der Waals surface area contributed by atoms with Crippen LogP contribution in [-0.4, -0.2) is 31.1 Å². The zero-order valence-corrected chi connectivity index (χ0v) is 12.4. The van der Waals surface area contributed by atoms with Crippen molar-refractivity contribution in [2.75, 3.05) is 18.9 Å². The lowest BCUT2D eigenvalue weighted by Crippen LogP contribution is -2.47. The van der Waals surface area contributed by atoms with Crippen LogP contribution in [0.4, 0.5) is 5.69 Å². The molecule has 4 N–H and O–H groups in total. The molecule has 0 aromatic heterocycles. The highest BCUT2D eigenvalue weighted by Crippen LogP contribution is 2.32. The molecule has 1 fully saturated rings. The minimum absolute atomic E-state index is 0.0824. The van der Waals surface area contributed by atoms with E-state index in [4.69, 9.17) is 10.5 Å². The normalized spacial score (nSPS) is 21.7. The Hall–Kier alpha value is -1.75. The highest BCUT2D eigenvalue weighted by Gasteiger charge is 2.27. The van der Waals surface area contributed by atoms with Crippen LogP contribution in [0.1, 0.15) is 42.1 Å². The third-order valence-corrected chi connectivity index (χ3v) is 4.39. The number of amides is 1. The average Bonchev–Trinajstić information content (AvgIpc) is 3.14. The standard InChI is InChI=1S/C16H23N3O2/c1-2-13(14-4-3-6-18-14)19-16(20)12-9-11(17)8-10-5-7-21-15(10)12/h8-9,13-14,18H,2-7,17H2,1H3,(H,19,20). The van der Waals surface area contributed by atoms with Gasteiger partial charge in [0, 0.05) is 29.8 Å². The van der Waals surface area contributed by atoms with E-state index in [1.54, 1.807) is 6.07 Å². The van der Waals surface area contributed by atoms with Gasteiger partial charge in [0.15, 0.2) is 0 Å². The first-order valence-corrected chi connectivity index (χ1v) is 7.78. The fourth-order valence-electron chi connectivity index (χ4n) is 3.29. The van der Waals surface area contributed by atoms with Crippen LogP contribution in [-0.2, 0) is 6.42 Å². The monoisotopic (exact) mass is 289 g/mol. The van der Waals surface area contributed by atoms with E-state index in [9.17, 15) is 4.79 Å². The fraction of sp³-hybridized carbons (Fsp3) is 0.562. The molecule has 5 heteroatoms. The molecule has 0 saturated carbocycles. The van der Waals surface area contributed by atoms with Gasteiger partial charge < -0.3 is 21.1 Å². The van der Waals surface area contributed by atoms with Gasteiger partial charge in [-0.1, -0.05) is 6.92 Å². The van der Waals surface area contributed by atoms with Crippen LogP contribution in [0.15, 0.2) is 12.1 Å². The minimum Gasteiger partial charge on any atom is -0.492 e. The smallest absolute Gasteiger partial charge is 0.255 e. The molecular formula is C16H23N3O2. The molecular weight excluding hydrogens is 266 g/mol. The number of ether oxygens (including phenoxy) is 1. The quantitative estimate of drug-likeness (QED) is 0.734. The maximum Gasteiger partial charge on any atom is 0.255 e. The zero-order chi connectivity index (χ0) is 14.8. The predicted octanol–water partition coefficient (Wildman–Crippen LogP) is 1.46. The molecule has 114 valence electrons. The summed E-state index contributed by atoms with van der Waals surface area (Å²) in [5, 5.41) is 6.60. The molecule has 2 aliphatic heterocycles. The summed E-state index contributed by atoms with van der Waals surface area (Å²) in [7, 11) is 0. The number of anilines is 1. The van der Waals surface area contributed by atoms with E-state index in [-0.39, 0.29) is 11.9 Å².